The third-order valence-corrected chi connectivity index (χ3v) is 5.94. The first-order valence-electron chi connectivity index (χ1n) is 9.37. The van der Waals surface area contributed by atoms with Crippen LogP contribution in [0.5, 0.6) is 0 Å². The van der Waals surface area contributed by atoms with Gasteiger partial charge in [0.2, 0.25) is 11.8 Å². The maximum atomic E-state index is 13.5. The lowest BCUT2D eigenvalue weighted by molar-refractivity contribution is -0.385. The average molecular weight is 486 g/mol. The van der Waals surface area contributed by atoms with Gasteiger partial charge in [0.1, 0.15) is 0 Å². The van der Waals surface area contributed by atoms with Crippen molar-refractivity contribution >= 4 is 57.8 Å². The molecule has 4 N–H and O–H groups in total. The van der Waals surface area contributed by atoms with Crippen molar-refractivity contribution in [2.45, 2.75) is 12.1 Å². The van der Waals surface area contributed by atoms with E-state index in [4.69, 9.17) is 24.4 Å². The molecule has 0 saturated carbocycles. The second-order valence-corrected chi connectivity index (χ2v) is 8.11. The summed E-state index contributed by atoms with van der Waals surface area (Å²) in [5.74, 6) is -1.60. The first kappa shape index (κ1) is 22.2. The first-order valence-corrected chi connectivity index (χ1v) is 10.2. The molecule has 0 bridgehead atoms. The van der Waals surface area contributed by atoms with E-state index in [1.54, 1.807) is 0 Å². The van der Waals surface area contributed by atoms with Crippen molar-refractivity contribution in [2.24, 2.45) is 5.41 Å². The van der Waals surface area contributed by atoms with E-state index in [9.17, 15) is 29.8 Å². The Bertz CT molecular complexity index is 1160. The number of rotatable bonds is 4. The standard InChI is InChI=1S/C19H14N6O6S2/c26-15-19(16(27)23-18(33)22-15)13(9-3-1-5-11(7-9)24(28)29)20-17(32)21-14(19)10-4-2-6-12(8-10)25(30)31/h1-8,13-14H,(H2,20,21,32)(H2,22,23,26,27,33). The van der Waals surface area contributed by atoms with Crippen molar-refractivity contribution in [3.63, 3.8) is 0 Å². The number of carbonyl (C=O) groups excluding carboxylic acids is 2. The lowest BCUT2D eigenvalue weighted by Gasteiger charge is -2.49. The molecule has 168 valence electrons. The number of thiocarbonyl (C=S) groups is 2. The van der Waals surface area contributed by atoms with Crippen LogP contribution in [0.1, 0.15) is 23.2 Å². The van der Waals surface area contributed by atoms with Crippen LogP contribution in [0.4, 0.5) is 11.4 Å². The Morgan fingerprint density at radius 3 is 1.58 bits per heavy atom. The van der Waals surface area contributed by atoms with Crippen LogP contribution in [-0.2, 0) is 9.59 Å². The van der Waals surface area contributed by atoms with Gasteiger partial charge in [-0.25, -0.2) is 0 Å². The topological polar surface area (TPSA) is 169 Å². The Morgan fingerprint density at radius 1 is 0.758 bits per heavy atom. The Balaban J connectivity index is 1.96. The Kier molecular flexibility index (Phi) is 5.47. The zero-order valence-corrected chi connectivity index (χ0v) is 18.1. The van der Waals surface area contributed by atoms with E-state index in [2.05, 4.69) is 21.3 Å². The lowest BCUT2D eigenvalue weighted by Crippen LogP contribution is -2.73. The van der Waals surface area contributed by atoms with E-state index in [0.29, 0.717) is 0 Å². The average Bonchev–Trinajstić information content (AvgIpc) is 2.77. The van der Waals surface area contributed by atoms with Crippen LogP contribution in [0.2, 0.25) is 0 Å². The van der Waals surface area contributed by atoms with Gasteiger partial charge in [-0.2, -0.15) is 0 Å². The number of amides is 2. The number of nitro groups is 2. The van der Waals surface area contributed by atoms with Gasteiger partial charge in [-0.3, -0.25) is 29.8 Å². The molecular weight excluding hydrogens is 472 g/mol. The summed E-state index contributed by atoms with van der Waals surface area (Å²) >= 11 is 10.2. The minimum absolute atomic E-state index is 0.0439. The molecule has 2 saturated heterocycles. The molecule has 2 aromatic rings. The molecule has 2 atom stereocenters. The van der Waals surface area contributed by atoms with Crippen molar-refractivity contribution < 1.29 is 19.4 Å². The Hall–Kier alpha value is -4.04. The highest BCUT2D eigenvalue weighted by Gasteiger charge is 2.63. The normalized spacial score (nSPS) is 21.5. The van der Waals surface area contributed by atoms with Crippen LogP contribution in [0.3, 0.4) is 0 Å². The molecule has 4 rings (SSSR count). The molecule has 2 unspecified atom stereocenters. The predicted octanol–water partition coefficient (Wildman–Crippen LogP) is 1.28. The molecule has 2 aliphatic heterocycles. The maximum absolute atomic E-state index is 13.5. The van der Waals surface area contributed by atoms with Gasteiger partial charge in [0.25, 0.3) is 11.4 Å². The highest BCUT2D eigenvalue weighted by Crippen LogP contribution is 2.49. The van der Waals surface area contributed by atoms with E-state index < -0.39 is 39.2 Å². The third-order valence-electron chi connectivity index (χ3n) is 5.50. The quantitative estimate of drug-likeness (QED) is 0.214. The molecule has 2 fully saturated rings. The zero-order valence-electron chi connectivity index (χ0n) is 16.4. The number of benzene rings is 2. The van der Waals surface area contributed by atoms with Crippen LogP contribution >= 0.6 is 24.4 Å². The van der Waals surface area contributed by atoms with Gasteiger partial charge >= 0.3 is 0 Å². The minimum atomic E-state index is -2.00. The van der Waals surface area contributed by atoms with Gasteiger partial charge in [0.15, 0.2) is 15.6 Å². The molecule has 2 heterocycles. The molecule has 2 aliphatic rings. The van der Waals surface area contributed by atoms with Gasteiger partial charge in [-0.1, -0.05) is 24.3 Å². The first-order chi connectivity index (χ1) is 15.6. The third kappa shape index (κ3) is 3.64. The van der Waals surface area contributed by atoms with E-state index >= 15 is 0 Å². The van der Waals surface area contributed by atoms with E-state index in [-0.39, 0.29) is 32.7 Å². The summed E-state index contributed by atoms with van der Waals surface area (Å²) in [5, 5.41) is 33.1. The fraction of sp³-hybridized carbons (Fsp3) is 0.158. The van der Waals surface area contributed by atoms with Crippen molar-refractivity contribution in [2.75, 3.05) is 0 Å². The van der Waals surface area contributed by atoms with Crippen molar-refractivity contribution in [3.05, 3.63) is 79.9 Å². The summed E-state index contributed by atoms with van der Waals surface area (Å²) < 4.78 is 0. The lowest BCUT2D eigenvalue weighted by atomic mass is 9.65. The summed E-state index contributed by atoms with van der Waals surface area (Å²) in [4.78, 5) is 48.4. The molecule has 2 aromatic carbocycles. The van der Waals surface area contributed by atoms with Crippen LogP contribution in [0, 0.1) is 25.6 Å². The molecule has 14 heteroatoms. The van der Waals surface area contributed by atoms with Gasteiger partial charge < -0.3 is 21.3 Å². The van der Waals surface area contributed by atoms with Gasteiger partial charge in [-0.05, 0) is 35.6 Å². The van der Waals surface area contributed by atoms with Crippen molar-refractivity contribution in [1.29, 1.82) is 0 Å². The smallest absolute Gasteiger partial charge is 0.269 e. The number of nitrogens with zero attached hydrogens (tertiary/aromatic N) is 2. The maximum Gasteiger partial charge on any atom is 0.269 e. The van der Waals surface area contributed by atoms with Crippen LogP contribution in [0.25, 0.3) is 0 Å². The molecule has 1 spiro atoms. The molecule has 0 aliphatic carbocycles. The van der Waals surface area contributed by atoms with E-state index in [0.717, 1.165) is 0 Å². The molecular formula is C19H14N6O6S2. The number of nitro benzene ring substituents is 2. The number of hydrogen-bond donors (Lipinski definition) is 4. The fourth-order valence-corrected chi connectivity index (χ4v) is 4.52. The summed E-state index contributed by atoms with van der Waals surface area (Å²) in [7, 11) is 0. The van der Waals surface area contributed by atoms with Crippen LogP contribution < -0.4 is 21.3 Å². The Labute approximate surface area is 196 Å². The fourth-order valence-electron chi connectivity index (χ4n) is 4.10. The summed E-state index contributed by atoms with van der Waals surface area (Å²) in [6.45, 7) is 0. The molecule has 0 radical (unpaired) electrons. The van der Waals surface area contributed by atoms with Crippen molar-refractivity contribution in [1.82, 2.24) is 21.3 Å². The Morgan fingerprint density at radius 2 is 1.18 bits per heavy atom. The molecule has 0 aromatic heterocycles. The number of hydrogen-bond acceptors (Lipinski definition) is 8. The minimum Gasteiger partial charge on any atom is -0.354 e. The predicted molar refractivity (Wildman–Crippen MR) is 122 cm³/mol. The number of non-ortho nitro benzene ring substituents is 2. The van der Waals surface area contributed by atoms with Crippen molar-refractivity contribution in [3.8, 4) is 0 Å². The zero-order chi connectivity index (χ0) is 23.9. The van der Waals surface area contributed by atoms with Gasteiger partial charge in [0, 0.05) is 24.3 Å². The summed E-state index contributed by atoms with van der Waals surface area (Å²) in [6.07, 6.45) is 0. The highest BCUT2D eigenvalue weighted by atomic mass is 32.1. The second kappa shape index (κ2) is 8.14. The van der Waals surface area contributed by atoms with Gasteiger partial charge in [0.05, 0.1) is 21.9 Å². The second-order valence-electron chi connectivity index (χ2n) is 7.29. The van der Waals surface area contributed by atoms with Crippen LogP contribution in [-0.4, -0.2) is 31.9 Å². The molecule has 12 nitrogen and oxygen atoms in total. The van der Waals surface area contributed by atoms with Gasteiger partial charge in [-0.15, -0.1) is 0 Å². The molecule has 33 heavy (non-hydrogen) atoms. The SMILES string of the molecule is O=C1NC(=S)NC(=O)C12C(c1cccc([N+](=O)[O-])c1)NC(=S)NC2c1cccc([N+](=O)[O-])c1. The monoisotopic (exact) mass is 486 g/mol. The molecule has 2 amide bonds. The van der Waals surface area contributed by atoms with Crippen LogP contribution in [0.15, 0.2) is 48.5 Å². The largest absolute Gasteiger partial charge is 0.354 e. The number of carbonyl (C=O) groups is 2. The summed E-state index contributed by atoms with van der Waals surface area (Å²) in [5.41, 5.74) is -2.04. The summed E-state index contributed by atoms with van der Waals surface area (Å²) in [6, 6.07) is 8.51. The highest BCUT2D eigenvalue weighted by molar-refractivity contribution is 7.80. The van der Waals surface area contributed by atoms with E-state index in [1.165, 1.54) is 48.5 Å². The number of nitrogens with one attached hydrogen (secondary N) is 4. The van der Waals surface area contributed by atoms with E-state index in [1.807, 2.05) is 0 Å².